The Morgan fingerprint density at radius 1 is 0.957 bits per heavy atom. The molecular weight excluding hydrogens is 292 g/mol. The molecule has 4 saturated carbocycles. The summed E-state index contributed by atoms with van der Waals surface area (Å²) in [4.78, 5) is 37.5. The summed E-state index contributed by atoms with van der Waals surface area (Å²) < 4.78 is 5.84. The molecule has 0 aromatic rings. The summed E-state index contributed by atoms with van der Waals surface area (Å²) in [7, 11) is 0. The molecule has 4 heteroatoms. The summed E-state index contributed by atoms with van der Waals surface area (Å²) in [5, 5.41) is 0. The summed E-state index contributed by atoms with van der Waals surface area (Å²) in [5.74, 6) is 1.73. The lowest BCUT2D eigenvalue weighted by atomic mass is 9.44. The Hall–Kier alpha value is -1.03. The van der Waals surface area contributed by atoms with Gasteiger partial charge in [-0.25, -0.2) is 0 Å². The Balaban J connectivity index is 1.57. The second-order valence-electron chi connectivity index (χ2n) is 9.04. The van der Waals surface area contributed by atoms with Crippen LogP contribution in [0.5, 0.6) is 0 Å². The predicted molar refractivity (Wildman–Crippen MR) is 81.6 cm³/mol. The summed E-state index contributed by atoms with van der Waals surface area (Å²) in [6, 6.07) is 0. The molecule has 5 aliphatic rings. The molecule has 0 bridgehead atoms. The number of rotatable bonds is 0. The van der Waals surface area contributed by atoms with Gasteiger partial charge in [0.2, 0.25) is 0 Å². The third-order valence-corrected chi connectivity index (χ3v) is 8.45. The fraction of sp³-hybridized carbons (Fsp3) is 0.842. The Morgan fingerprint density at radius 2 is 1.74 bits per heavy atom. The molecule has 7 atom stereocenters. The van der Waals surface area contributed by atoms with Crippen molar-refractivity contribution in [2.24, 2.45) is 28.6 Å². The monoisotopic (exact) mass is 316 g/mol. The molecule has 4 aliphatic carbocycles. The first-order chi connectivity index (χ1) is 10.8. The largest absolute Gasteiger partial charge is 0.349 e. The van der Waals surface area contributed by atoms with Crippen molar-refractivity contribution in [1.82, 2.24) is 0 Å². The number of carbonyl (C=O) groups excluding carboxylic acids is 3. The Bertz CT molecular complexity index is 654. The van der Waals surface area contributed by atoms with E-state index in [1.807, 2.05) is 0 Å². The Kier molecular flexibility index (Phi) is 2.46. The molecule has 1 spiro atoms. The van der Waals surface area contributed by atoms with E-state index in [2.05, 4.69) is 13.8 Å². The topological polar surface area (TPSA) is 63.7 Å². The number of hydrogen-bond acceptors (Lipinski definition) is 4. The molecule has 5 fully saturated rings. The van der Waals surface area contributed by atoms with Crippen molar-refractivity contribution in [2.45, 2.75) is 70.5 Å². The van der Waals surface area contributed by atoms with E-state index >= 15 is 0 Å². The second kappa shape index (κ2) is 3.96. The van der Waals surface area contributed by atoms with Crippen molar-refractivity contribution < 1.29 is 19.1 Å². The number of carbonyl (C=O) groups is 3. The number of fused-ring (bicyclic) bond motifs is 4. The average Bonchev–Trinajstić information content (AvgIpc) is 3.21. The van der Waals surface area contributed by atoms with Gasteiger partial charge in [-0.3, -0.25) is 14.4 Å². The maximum atomic E-state index is 13.0. The lowest BCUT2D eigenvalue weighted by Gasteiger charge is -2.57. The van der Waals surface area contributed by atoms with Gasteiger partial charge in [0.25, 0.3) is 0 Å². The standard InChI is InChI=1S/C19H24O4/c1-17-7-5-12-10(11(17)3-4-14(17)21)9-15(22)19-16(23-19)13(20)6-8-18(12,19)2/h10-12,16H,3-9H2,1-2H3/t10-,11-,12-,16-,17-,18+,19-/m0/s1. The third-order valence-electron chi connectivity index (χ3n) is 8.45. The van der Waals surface area contributed by atoms with E-state index in [9.17, 15) is 14.4 Å². The molecule has 0 aromatic carbocycles. The van der Waals surface area contributed by atoms with Gasteiger partial charge in [0.05, 0.1) is 0 Å². The van der Waals surface area contributed by atoms with Crippen LogP contribution in [-0.4, -0.2) is 29.1 Å². The van der Waals surface area contributed by atoms with Crippen molar-refractivity contribution in [1.29, 1.82) is 0 Å². The molecule has 0 radical (unpaired) electrons. The first-order valence-electron chi connectivity index (χ1n) is 9.12. The normalized spacial score (nSPS) is 57.4. The molecule has 0 N–H and O–H groups in total. The number of ether oxygens (including phenoxy) is 1. The highest BCUT2D eigenvalue weighted by Crippen LogP contribution is 2.70. The van der Waals surface area contributed by atoms with E-state index in [1.165, 1.54) is 0 Å². The Morgan fingerprint density at radius 3 is 2.52 bits per heavy atom. The van der Waals surface area contributed by atoms with Crippen molar-refractivity contribution in [3.8, 4) is 0 Å². The minimum absolute atomic E-state index is 0.117. The summed E-state index contributed by atoms with van der Waals surface area (Å²) >= 11 is 0. The zero-order valence-corrected chi connectivity index (χ0v) is 13.9. The lowest BCUT2D eigenvalue weighted by Crippen LogP contribution is -2.62. The summed E-state index contributed by atoms with van der Waals surface area (Å²) in [5.41, 5.74) is -1.23. The van der Waals surface area contributed by atoms with Crippen LogP contribution < -0.4 is 0 Å². The van der Waals surface area contributed by atoms with E-state index in [-0.39, 0.29) is 22.4 Å². The van der Waals surface area contributed by atoms with Crippen LogP contribution in [0.1, 0.15) is 58.8 Å². The zero-order valence-electron chi connectivity index (χ0n) is 13.9. The van der Waals surface area contributed by atoms with Crippen molar-refractivity contribution in [3.05, 3.63) is 0 Å². The van der Waals surface area contributed by atoms with Crippen LogP contribution in [-0.2, 0) is 19.1 Å². The van der Waals surface area contributed by atoms with E-state index in [0.717, 1.165) is 25.7 Å². The van der Waals surface area contributed by atoms with Crippen molar-refractivity contribution >= 4 is 17.3 Å². The minimum atomic E-state index is -0.806. The van der Waals surface area contributed by atoms with Crippen molar-refractivity contribution in [3.63, 3.8) is 0 Å². The van der Waals surface area contributed by atoms with Crippen LogP contribution in [0, 0.1) is 28.6 Å². The highest BCUT2D eigenvalue weighted by atomic mass is 16.6. The van der Waals surface area contributed by atoms with Gasteiger partial charge in [0, 0.05) is 30.1 Å². The molecule has 0 unspecified atom stereocenters. The highest BCUT2D eigenvalue weighted by molar-refractivity contribution is 6.03. The average molecular weight is 316 g/mol. The molecule has 5 rings (SSSR count). The number of Topliss-reactive ketones (excluding diaryl/α,β-unsaturated/α-hetero) is 3. The van der Waals surface area contributed by atoms with Gasteiger partial charge < -0.3 is 4.74 Å². The number of hydrogen-bond donors (Lipinski definition) is 0. The van der Waals surface area contributed by atoms with Gasteiger partial charge in [-0.05, 0) is 43.4 Å². The second-order valence-corrected chi connectivity index (χ2v) is 9.04. The van der Waals surface area contributed by atoms with Gasteiger partial charge >= 0.3 is 0 Å². The molecule has 4 nitrogen and oxygen atoms in total. The maximum absolute atomic E-state index is 13.0. The molecular formula is C19H24O4. The highest BCUT2D eigenvalue weighted by Gasteiger charge is 2.80. The summed E-state index contributed by atoms with van der Waals surface area (Å²) in [6.07, 6.45) is 4.92. The zero-order chi connectivity index (χ0) is 16.2. The SMILES string of the molecule is C[C@]12CC[C@H]3[C@@H](CC(=O)[C@]45O[C@H]4C(=O)CC[C@]35C)[C@@H]1CCC2=O. The molecule has 1 saturated heterocycles. The molecule has 0 amide bonds. The number of epoxide rings is 1. The van der Waals surface area contributed by atoms with Crippen LogP contribution in [0.25, 0.3) is 0 Å². The van der Waals surface area contributed by atoms with Gasteiger partial charge in [0.15, 0.2) is 23.3 Å². The predicted octanol–water partition coefficient (Wildman–Crippen LogP) is 2.48. The van der Waals surface area contributed by atoms with Gasteiger partial charge in [-0.2, -0.15) is 0 Å². The quantitative estimate of drug-likeness (QED) is 0.644. The fourth-order valence-electron chi connectivity index (χ4n) is 7.07. The third kappa shape index (κ3) is 1.38. The van der Waals surface area contributed by atoms with E-state index < -0.39 is 11.7 Å². The summed E-state index contributed by atoms with van der Waals surface area (Å²) in [6.45, 7) is 4.31. The van der Waals surface area contributed by atoms with Crippen LogP contribution in [0.15, 0.2) is 0 Å². The van der Waals surface area contributed by atoms with Crippen LogP contribution in [0.2, 0.25) is 0 Å². The minimum Gasteiger partial charge on any atom is -0.349 e. The fourth-order valence-corrected chi connectivity index (χ4v) is 7.07. The van der Waals surface area contributed by atoms with Crippen LogP contribution in [0.4, 0.5) is 0 Å². The van der Waals surface area contributed by atoms with Crippen molar-refractivity contribution in [2.75, 3.05) is 0 Å². The van der Waals surface area contributed by atoms with Gasteiger partial charge in [0.1, 0.15) is 5.78 Å². The lowest BCUT2D eigenvalue weighted by molar-refractivity contribution is -0.157. The van der Waals surface area contributed by atoms with Crippen LogP contribution >= 0.6 is 0 Å². The van der Waals surface area contributed by atoms with E-state index in [0.29, 0.717) is 42.8 Å². The van der Waals surface area contributed by atoms with Crippen LogP contribution in [0.3, 0.4) is 0 Å². The first kappa shape index (κ1) is 14.3. The van der Waals surface area contributed by atoms with E-state index in [1.54, 1.807) is 0 Å². The molecule has 124 valence electrons. The molecule has 1 heterocycles. The first-order valence-corrected chi connectivity index (χ1v) is 9.12. The molecule has 0 aromatic heterocycles. The van der Waals surface area contributed by atoms with E-state index in [4.69, 9.17) is 4.74 Å². The molecule has 1 aliphatic heterocycles. The smallest absolute Gasteiger partial charge is 0.168 e. The van der Waals surface area contributed by atoms with Gasteiger partial charge in [-0.15, -0.1) is 0 Å². The Labute approximate surface area is 136 Å². The van der Waals surface area contributed by atoms with Gasteiger partial charge in [-0.1, -0.05) is 13.8 Å². The molecule has 23 heavy (non-hydrogen) atoms. The maximum Gasteiger partial charge on any atom is 0.168 e. The number of ketones is 3.